The number of aromatic nitrogens is 1. The van der Waals surface area contributed by atoms with Crippen LogP contribution in [0, 0.1) is 11.6 Å². The summed E-state index contributed by atoms with van der Waals surface area (Å²) >= 11 is 0. The third-order valence-electron chi connectivity index (χ3n) is 3.45. The molecule has 8 heteroatoms. The highest BCUT2D eigenvalue weighted by molar-refractivity contribution is 14.0. The molecule has 0 aliphatic rings. The van der Waals surface area contributed by atoms with Crippen molar-refractivity contribution in [1.82, 2.24) is 15.8 Å². The summed E-state index contributed by atoms with van der Waals surface area (Å²) in [6.07, 6.45) is 0.481. The molecule has 2 N–H and O–H groups in total. The van der Waals surface area contributed by atoms with Crippen LogP contribution < -0.4 is 10.6 Å². The molecule has 0 amide bonds. The molecule has 25 heavy (non-hydrogen) atoms. The Morgan fingerprint density at radius 1 is 1.16 bits per heavy atom. The zero-order valence-electron chi connectivity index (χ0n) is 14.5. The van der Waals surface area contributed by atoms with Gasteiger partial charge in [0.15, 0.2) is 11.7 Å². The minimum absolute atomic E-state index is 0. The van der Waals surface area contributed by atoms with Crippen molar-refractivity contribution < 1.29 is 13.3 Å². The Balaban J connectivity index is 0.00000312. The predicted molar refractivity (Wildman–Crippen MR) is 104 cm³/mol. The fourth-order valence-corrected chi connectivity index (χ4v) is 2.16. The van der Waals surface area contributed by atoms with Gasteiger partial charge in [-0.15, -0.1) is 24.0 Å². The predicted octanol–water partition coefficient (Wildman–Crippen LogP) is 3.60. The average molecular weight is 464 g/mol. The Labute approximate surface area is 163 Å². The monoisotopic (exact) mass is 464 g/mol. The van der Waals surface area contributed by atoms with Gasteiger partial charge in [0.2, 0.25) is 0 Å². The molecule has 1 aromatic carbocycles. The van der Waals surface area contributed by atoms with Crippen LogP contribution in [0.5, 0.6) is 0 Å². The van der Waals surface area contributed by atoms with Crippen LogP contribution in [0.25, 0.3) is 0 Å². The van der Waals surface area contributed by atoms with E-state index in [1.54, 1.807) is 7.05 Å². The van der Waals surface area contributed by atoms with Gasteiger partial charge in [-0.1, -0.05) is 19.0 Å². The van der Waals surface area contributed by atoms with Gasteiger partial charge in [0.1, 0.15) is 11.6 Å². The van der Waals surface area contributed by atoms with Gasteiger partial charge in [0.25, 0.3) is 0 Å². The van der Waals surface area contributed by atoms with E-state index in [1.807, 2.05) is 19.9 Å². The molecule has 2 aromatic rings. The van der Waals surface area contributed by atoms with E-state index in [2.05, 4.69) is 20.8 Å². The van der Waals surface area contributed by atoms with Gasteiger partial charge < -0.3 is 15.2 Å². The maximum absolute atomic E-state index is 13.1. The zero-order chi connectivity index (χ0) is 17.5. The molecule has 0 fully saturated rings. The summed E-state index contributed by atoms with van der Waals surface area (Å²) in [5.74, 6) is 0.465. The van der Waals surface area contributed by atoms with Crippen molar-refractivity contribution in [3.63, 3.8) is 0 Å². The first kappa shape index (κ1) is 21.3. The zero-order valence-corrected chi connectivity index (χ0v) is 16.8. The Kier molecular flexibility index (Phi) is 8.81. The maximum atomic E-state index is 13.1. The van der Waals surface area contributed by atoms with Gasteiger partial charge in [0.05, 0.1) is 12.2 Å². The molecule has 0 unspecified atom stereocenters. The number of hydrogen-bond acceptors (Lipinski definition) is 3. The highest BCUT2D eigenvalue weighted by Gasteiger charge is 2.08. The highest BCUT2D eigenvalue weighted by Crippen LogP contribution is 2.13. The molecule has 0 saturated carbocycles. The summed E-state index contributed by atoms with van der Waals surface area (Å²) in [6, 6.07) is 5.41. The van der Waals surface area contributed by atoms with Gasteiger partial charge in [-0.05, 0) is 30.0 Å². The van der Waals surface area contributed by atoms with E-state index in [-0.39, 0.29) is 24.0 Å². The first-order chi connectivity index (χ1) is 11.5. The summed E-state index contributed by atoms with van der Waals surface area (Å²) in [5, 5.41) is 10.2. The van der Waals surface area contributed by atoms with Crippen molar-refractivity contribution in [2.75, 3.05) is 13.6 Å². The van der Waals surface area contributed by atoms with E-state index >= 15 is 0 Å². The van der Waals surface area contributed by atoms with E-state index in [0.717, 1.165) is 11.8 Å². The second-order valence-electron chi connectivity index (χ2n) is 5.75. The molecule has 5 nitrogen and oxygen atoms in total. The molecule has 0 spiro atoms. The maximum Gasteiger partial charge on any atom is 0.191 e. The van der Waals surface area contributed by atoms with Crippen LogP contribution >= 0.6 is 24.0 Å². The Hall–Kier alpha value is -1.71. The van der Waals surface area contributed by atoms with Crippen molar-refractivity contribution >= 4 is 29.9 Å². The van der Waals surface area contributed by atoms with E-state index in [1.165, 1.54) is 12.1 Å². The summed E-state index contributed by atoms with van der Waals surface area (Å²) in [5.41, 5.74) is 1.50. The Bertz CT molecular complexity index is 683. The highest BCUT2D eigenvalue weighted by atomic mass is 127. The van der Waals surface area contributed by atoms with Crippen LogP contribution in [0.15, 0.2) is 33.8 Å². The molecule has 1 aromatic heterocycles. The minimum Gasteiger partial charge on any atom is -0.359 e. The largest absolute Gasteiger partial charge is 0.359 e. The first-order valence-corrected chi connectivity index (χ1v) is 7.83. The van der Waals surface area contributed by atoms with E-state index in [4.69, 9.17) is 4.52 Å². The molecular formula is C17H23F2IN4O. The van der Waals surface area contributed by atoms with Gasteiger partial charge in [-0.2, -0.15) is 0 Å². The van der Waals surface area contributed by atoms with E-state index < -0.39 is 11.6 Å². The van der Waals surface area contributed by atoms with Crippen molar-refractivity contribution in [2.45, 2.75) is 32.7 Å². The molecular weight excluding hydrogens is 441 g/mol. The lowest BCUT2D eigenvalue weighted by Gasteiger charge is -2.10. The van der Waals surface area contributed by atoms with Crippen LogP contribution in [0.4, 0.5) is 8.78 Å². The first-order valence-electron chi connectivity index (χ1n) is 7.83. The van der Waals surface area contributed by atoms with Crippen LogP contribution in [-0.4, -0.2) is 24.7 Å². The summed E-state index contributed by atoms with van der Waals surface area (Å²) in [7, 11) is 1.65. The lowest BCUT2D eigenvalue weighted by atomic mass is 10.1. The van der Waals surface area contributed by atoms with Gasteiger partial charge in [-0.3, -0.25) is 4.99 Å². The summed E-state index contributed by atoms with van der Waals surface area (Å²) < 4.78 is 31.5. The van der Waals surface area contributed by atoms with Gasteiger partial charge >= 0.3 is 0 Å². The van der Waals surface area contributed by atoms with Gasteiger partial charge in [0, 0.05) is 25.7 Å². The second kappa shape index (κ2) is 10.3. The second-order valence-corrected chi connectivity index (χ2v) is 5.75. The Morgan fingerprint density at radius 3 is 2.40 bits per heavy atom. The molecule has 0 aliphatic heterocycles. The number of guanidine groups is 1. The number of nitrogens with zero attached hydrogens (tertiary/aromatic N) is 2. The molecule has 0 bridgehead atoms. The number of benzene rings is 1. The number of hydrogen-bond donors (Lipinski definition) is 2. The van der Waals surface area contributed by atoms with Crippen molar-refractivity contribution in [3.8, 4) is 0 Å². The van der Waals surface area contributed by atoms with Crippen molar-refractivity contribution in [1.29, 1.82) is 0 Å². The smallest absolute Gasteiger partial charge is 0.191 e. The van der Waals surface area contributed by atoms with Gasteiger partial charge in [-0.25, -0.2) is 8.78 Å². The van der Waals surface area contributed by atoms with Crippen LogP contribution in [-0.2, 0) is 13.0 Å². The Morgan fingerprint density at radius 2 is 1.84 bits per heavy atom. The SMILES string of the molecule is CN=C(NCCc1cc(F)cc(F)c1)NCc1cc(C(C)C)no1.I. The summed E-state index contributed by atoms with van der Waals surface area (Å²) in [4.78, 5) is 4.10. The van der Waals surface area contributed by atoms with Crippen LogP contribution in [0.1, 0.15) is 36.8 Å². The van der Waals surface area contributed by atoms with Crippen LogP contribution in [0.2, 0.25) is 0 Å². The standard InChI is InChI=1S/C17H22F2N4O.HI/c1-11(2)16-9-15(24-23-16)10-22-17(20-3)21-5-4-12-6-13(18)8-14(19)7-12;/h6-9,11H,4-5,10H2,1-3H3,(H2,20,21,22);1H. The lowest BCUT2D eigenvalue weighted by molar-refractivity contribution is 0.372. The third-order valence-corrected chi connectivity index (χ3v) is 3.45. The molecule has 2 rings (SSSR count). The topological polar surface area (TPSA) is 62.5 Å². The molecule has 138 valence electrons. The molecule has 0 aliphatic carbocycles. The van der Waals surface area contributed by atoms with Crippen LogP contribution in [0.3, 0.4) is 0 Å². The van der Waals surface area contributed by atoms with E-state index in [0.29, 0.717) is 42.7 Å². The summed E-state index contributed by atoms with van der Waals surface area (Å²) in [6.45, 7) is 5.04. The molecule has 0 radical (unpaired) electrons. The van der Waals surface area contributed by atoms with Crippen molar-refractivity contribution in [2.24, 2.45) is 4.99 Å². The molecule has 1 heterocycles. The normalized spacial score (nSPS) is 11.4. The quantitative estimate of drug-likeness (QED) is 0.390. The lowest BCUT2D eigenvalue weighted by Crippen LogP contribution is -2.37. The average Bonchev–Trinajstić information content (AvgIpc) is 2.99. The third kappa shape index (κ3) is 6.97. The molecule has 0 atom stereocenters. The van der Waals surface area contributed by atoms with E-state index in [9.17, 15) is 8.78 Å². The number of rotatable bonds is 6. The molecule has 0 saturated heterocycles. The fraction of sp³-hybridized carbons (Fsp3) is 0.412. The number of nitrogens with one attached hydrogen (secondary N) is 2. The minimum atomic E-state index is -0.571. The number of aliphatic imine (C=N–C) groups is 1. The number of halogens is 3. The fourth-order valence-electron chi connectivity index (χ4n) is 2.16. The van der Waals surface area contributed by atoms with Crippen molar-refractivity contribution in [3.05, 3.63) is 52.9 Å².